The highest BCUT2D eigenvalue weighted by atomic mass is 32.2. The SMILES string of the molecule is CS(=O)(=O)c1ccc(CN2CCCc3c2sc(NC(=O)c2cccc4ccccc24)c3C#N)cc1. The molecule has 1 aliphatic rings. The molecule has 35 heavy (non-hydrogen) atoms. The summed E-state index contributed by atoms with van der Waals surface area (Å²) in [5.41, 5.74) is 3.04. The summed E-state index contributed by atoms with van der Waals surface area (Å²) < 4.78 is 23.5. The van der Waals surface area contributed by atoms with Gasteiger partial charge >= 0.3 is 0 Å². The van der Waals surface area contributed by atoms with E-state index in [1.165, 1.54) is 17.6 Å². The summed E-state index contributed by atoms with van der Waals surface area (Å²) >= 11 is 1.43. The Bertz CT molecular complexity index is 1580. The van der Waals surface area contributed by atoms with Gasteiger partial charge < -0.3 is 10.2 Å². The molecule has 176 valence electrons. The maximum Gasteiger partial charge on any atom is 0.256 e. The van der Waals surface area contributed by atoms with E-state index in [9.17, 15) is 18.5 Å². The largest absolute Gasteiger partial charge is 0.359 e. The third-order valence-corrected chi connectivity index (χ3v) is 8.56. The number of carbonyl (C=O) groups is 1. The number of anilines is 2. The standard InChI is InChI=1S/C27H23N3O3S2/c1-35(32,33)20-13-11-18(12-14-20)17-30-15-5-10-23-24(16-28)26(34-27(23)30)29-25(31)22-9-4-7-19-6-2-3-8-21(19)22/h2-4,6-9,11-14H,5,10,15,17H2,1H3,(H,29,31). The van der Waals surface area contributed by atoms with Gasteiger partial charge in [-0.15, -0.1) is 0 Å². The van der Waals surface area contributed by atoms with E-state index in [1.54, 1.807) is 18.2 Å². The zero-order valence-electron chi connectivity index (χ0n) is 19.1. The van der Waals surface area contributed by atoms with Crippen molar-refractivity contribution in [2.75, 3.05) is 23.0 Å². The van der Waals surface area contributed by atoms with Crippen molar-refractivity contribution >= 4 is 47.9 Å². The predicted molar refractivity (Wildman–Crippen MR) is 140 cm³/mol. The summed E-state index contributed by atoms with van der Waals surface area (Å²) in [6.45, 7) is 1.42. The van der Waals surface area contributed by atoms with Crippen molar-refractivity contribution in [3.8, 4) is 6.07 Å². The number of sulfone groups is 1. The van der Waals surface area contributed by atoms with Gasteiger partial charge in [0.05, 0.1) is 15.5 Å². The average Bonchev–Trinajstić information content (AvgIpc) is 3.21. The molecule has 1 aromatic heterocycles. The number of fused-ring (bicyclic) bond motifs is 2. The molecule has 0 fully saturated rings. The molecule has 8 heteroatoms. The van der Waals surface area contributed by atoms with Crippen LogP contribution in [-0.2, 0) is 22.8 Å². The third-order valence-electron chi connectivity index (χ3n) is 6.23. The van der Waals surface area contributed by atoms with E-state index in [-0.39, 0.29) is 5.91 Å². The molecule has 0 atom stereocenters. The number of benzene rings is 3. The monoisotopic (exact) mass is 501 g/mol. The van der Waals surface area contributed by atoms with Gasteiger partial charge in [-0.2, -0.15) is 5.26 Å². The van der Waals surface area contributed by atoms with Crippen LogP contribution in [0.25, 0.3) is 10.8 Å². The van der Waals surface area contributed by atoms with Crippen LogP contribution >= 0.6 is 11.3 Å². The topological polar surface area (TPSA) is 90.3 Å². The van der Waals surface area contributed by atoms with Gasteiger partial charge in [0, 0.05) is 30.5 Å². The van der Waals surface area contributed by atoms with E-state index in [0.29, 0.717) is 27.6 Å². The Morgan fingerprint density at radius 3 is 2.57 bits per heavy atom. The zero-order chi connectivity index (χ0) is 24.6. The fraction of sp³-hybridized carbons (Fsp3) is 0.185. The molecule has 1 N–H and O–H groups in total. The van der Waals surface area contributed by atoms with Crippen molar-refractivity contribution in [3.05, 3.63) is 89.0 Å². The van der Waals surface area contributed by atoms with E-state index < -0.39 is 9.84 Å². The summed E-state index contributed by atoms with van der Waals surface area (Å²) in [6.07, 6.45) is 2.88. The lowest BCUT2D eigenvalue weighted by atomic mass is 10.0. The fourth-order valence-corrected chi connectivity index (χ4v) is 6.35. The number of thiophene rings is 1. The van der Waals surface area contributed by atoms with Crippen LogP contribution in [-0.4, -0.2) is 27.1 Å². The van der Waals surface area contributed by atoms with Crippen LogP contribution < -0.4 is 10.2 Å². The molecule has 0 spiro atoms. The first-order chi connectivity index (χ1) is 16.8. The van der Waals surface area contributed by atoms with E-state index in [1.807, 2.05) is 48.5 Å². The van der Waals surface area contributed by atoms with Crippen molar-refractivity contribution < 1.29 is 13.2 Å². The van der Waals surface area contributed by atoms with Crippen molar-refractivity contribution in [3.63, 3.8) is 0 Å². The molecule has 6 nitrogen and oxygen atoms in total. The predicted octanol–water partition coefficient (Wildman–Crippen LogP) is 5.38. The van der Waals surface area contributed by atoms with Gasteiger partial charge in [0.25, 0.3) is 5.91 Å². The Labute approximate surface area is 208 Å². The van der Waals surface area contributed by atoms with Crippen LogP contribution in [0.1, 0.15) is 33.5 Å². The quantitative estimate of drug-likeness (QED) is 0.396. The lowest BCUT2D eigenvalue weighted by Gasteiger charge is -2.28. The highest BCUT2D eigenvalue weighted by Gasteiger charge is 2.27. The average molecular weight is 502 g/mol. The third kappa shape index (κ3) is 4.53. The van der Waals surface area contributed by atoms with Crippen molar-refractivity contribution in [1.29, 1.82) is 5.26 Å². The minimum absolute atomic E-state index is 0.236. The number of nitriles is 1. The summed E-state index contributed by atoms with van der Waals surface area (Å²) in [5.74, 6) is -0.236. The van der Waals surface area contributed by atoms with Crippen LogP contribution in [0.2, 0.25) is 0 Å². The molecule has 0 bridgehead atoms. The number of nitrogens with zero attached hydrogens (tertiary/aromatic N) is 2. The number of hydrogen-bond donors (Lipinski definition) is 1. The maximum absolute atomic E-state index is 13.2. The summed E-state index contributed by atoms with van der Waals surface area (Å²) in [5, 5.41) is 16.3. The maximum atomic E-state index is 13.2. The molecular formula is C27H23N3O3S2. The second-order valence-electron chi connectivity index (χ2n) is 8.62. The molecule has 0 saturated carbocycles. The Morgan fingerprint density at radius 2 is 1.83 bits per heavy atom. The number of carbonyl (C=O) groups excluding carboxylic acids is 1. The highest BCUT2D eigenvalue weighted by Crippen LogP contribution is 2.43. The number of rotatable bonds is 5. The zero-order valence-corrected chi connectivity index (χ0v) is 20.7. The van der Waals surface area contributed by atoms with Gasteiger partial charge in [0.1, 0.15) is 11.1 Å². The summed E-state index contributed by atoms with van der Waals surface area (Å²) in [6, 6.07) is 22.6. The lowest BCUT2D eigenvalue weighted by molar-refractivity contribution is 0.102. The molecule has 1 aliphatic heterocycles. The van der Waals surface area contributed by atoms with Crippen LogP contribution in [0.15, 0.2) is 71.6 Å². The highest BCUT2D eigenvalue weighted by molar-refractivity contribution is 7.90. The minimum Gasteiger partial charge on any atom is -0.359 e. The van der Waals surface area contributed by atoms with E-state index in [0.717, 1.165) is 46.3 Å². The van der Waals surface area contributed by atoms with Crippen LogP contribution in [0.3, 0.4) is 0 Å². The summed E-state index contributed by atoms with van der Waals surface area (Å²) in [4.78, 5) is 15.7. The van der Waals surface area contributed by atoms with Gasteiger partial charge in [0.15, 0.2) is 9.84 Å². The Morgan fingerprint density at radius 1 is 1.09 bits per heavy atom. The number of hydrogen-bond acceptors (Lipinski definition) is 6. The smallest absolute Gasteiger partial charge is 0.256 e. The molecule has 0 unspecified atom stereocenters. The molecule has 5 rings (SSSR count). The number of nitrogens with one attached hydrogen (secondary N) is 1. The van der Waals surface area contributed by atoms with Crippen molar-refractivity contribution in [1.82, 2.24) is 0 Å². The molecule has 0 radical (unpaired) electrons. The molecule has 3 aromatic carbocycles. The van der Waals surface area contributed by atoms with E-state index in [4.69, 9.17) is 0 Å². The van der Waals surface area contributed by atoms with Crippen LogP contribution in [0.4, 0.5) is 10.0 Å². The van der Waals surface area contributed by atoms with Crippen molar-refractivity contribution in [2.24, 2.45) is 0 Å². The molecule has 0 aliphatic carbocycles. The molecule has 1 amide bonds. The Balaban J connectivity index is 1.44. The second-order valence-corrected chi connectivity index (χ2v) is 11.6. The fourth-order valence-electron chi connectivity index (χ4n) is 4.50. The molecule has 0 saturated heterocycles. The normalized spacial score (nSPS) is 13.3. The van der Waals surface area contributed by atoms with Crippen molar-refractivity contribution in [2.45, 2.75) is 24.3 Å². The van der Waals surface area contributed by atoms with E-state index in [2.05, 4.69) is 16.3 Å². The first kappa shape index (κ1) is 23.1. The Kier molecular flexibility index (Phi) is 6.05. The lowest BCUT2D eigenvalue weighted by Crippen LogP contribution is -2.27. The molecule has 2 heterocycles. The minimum atomic E-state index is -3.24. The van der Waals surface area contributed by atoms with E-state index >= 15 is 0 Å². The van der Waals surface area contributed by atoms with Gasteiger partial charge in [-0.25, -0.2) is 8.42 Å². The van der Waals surface area contributed by atoms with Gasteiger partial charge in [-0.05, 0) is 47.4 Å². The number of amides is 1. The molecular weight excluding hydrogens is 478 g/mol. The first-order valence-corrected chi connectivity index (χ1v) is 13.9. The second kappa shape index (κ2) is 9.17. The van der Waals surface area contributed by atoms with Gasteiger partial charge in [-0.3, -0.25) is 4.79 Å². The Hall–Kier alpha value is -3.67. The molecule has 4 aromatic rings. The van der Waals surface area contributed by atoms with Gasteiger partial charge in [-0.1, -0.05) is 59.9 Å². The van der Waals surface area contributed by atoms with Crippen LogP contribution in [0, 0.1) is 11.3 Å². The first-order valence-electron chi connectivity index (χ1n) is 11.2. The van der Waals surface area contributed by atoms with Gasteiger partial charge in [0.2, 0.25) is 0 Å². The summed E-state index contributed by atoms with van der Waals surface area (Å²) in [7, 11) is -3.24. The van der Waals surface area contributed by atoms with Crippen LogP contribution in [0.5, 0.6) is 0 Å².